The molecule has 1 saturated heterocycles. The average Bonchev–Trinajstić information content (AvgIpc) is 2.57. The Morgan fingerprint density at radius 3 is 2.69 bits per heavy atom. The van der Waals surface area contributed by atoms with Crippen molar-refractivity contribution in [3.8, 4) is 0 Å². The minimum atomic E-state index is -1.14. The predicted molar refractivity (Wildman–Crippen MR) is 53.6 cm³/mol. The number of hydrogen-bond acceptors (Lipinski definition) is 6. The van der Waals surface area contributed by atoms with Crippen molar-refractivity contribution in [2.45, 2.75) is 24.3 Å². The molecule has 1 aliphatic heterocycles. The zero-order valence-electron chi connectivity index (χ0n) is 8.37. The third-order valence-corrected chi connectivity index (χ3v) is 2.78. The van der Waals surface area contributed by atoms with Crippen molar-refractivity contribution < 1.29 is 15.3 Å². The van der Waals surface area contributed by atoms with E-state index in [9.17, 15) is 15.0 Å². The zero-order valence-corrected chi connectivity index (χ0v) is 8.37. The van der Waals surface area contributed by atoms with Crippen LogP contribution in [0.4, 0.5) is 0 Å². The molecule has 0 spiro atoms. The second kappa shape index (κ2) is 4.30. The van der Waals surface area contributed by atoms with Crippen LogP contribution in [0.5, 0.6) is 0 Å². The lowest BCUT2D eigenvalue weighted by atomic mass is 10.0. The first kappa shape index (κ1) is 11.2. The molecule has 0 aliphatic carbocycles. The van der Waals surface area contributed by atoms with E-state index >= 15 is 0 Å². The summed E-state index contributed by atoms with van der Waals surface area (Å²) in [6.45, 7) is -0.313. The number of aromatic amines is 1. The van der Waals surface area contributed by atoms with Gasteiger partial charge in [-0.1, -0.05) is 0 Å². The monoisotopic (exact) mass is 227 g/mol. The van der Waals surface area contributed by atoms with Crippen LogP contribution in [-0.4, -0.2) is 50.1 Å². The first-order chi connectivity index (χ1) is 7.65. The average molecular weight is 227 g/mol. The standard InChI is InChI=1S/C9H13N3O4/c13-2-5-7(14)8(15)6(12-5)4-1-10-3-11-9(4)16/h1,3,5-8,12-15H,2H2,(H,10,11,16)/t5-,6?,7-,8+/m1/s1. The SMILES string of the molecule is O=c1[nH]cncc1C1N[C@H](CO)[C@@H](O)[C@H]1O. The van der Waals surface area contributed by atoms with Crippen LogP contribution in [0, 0.1) is 0 Å². The van der Waals surface area contributed by atoms with E-state index in [0.29, 0.717) is 0 Å². The first-order valence-corrected chi connectivity index (χ1v) is 4.90. The summed E-state index contributed by atoms with van der Waals surface area (Å²) in [5.74, 6) is 0. The lowest BCUT2D eigenvalue weighted by Gasteiger charge is -2.14. The van der Waals surface area contributed by atoms with Crippen LogP contribution in [0.1, 0.15) is 11.6 Å². The van der Waals surface area contributed by atoms with Crippen molar-refractivity contribution in [1.82, 2.24) is 15.3 Å². The molecule has 1 aromatic heterocycles. The molecular weight excluding hydrogens is 214 g/mol. The highest BCUT2D eigenvalue weighted by molar-refractivity contribution is 5.16. The number of H-pyrrole nitrogens is 1. The highest BCUT2D eigenvalue weighted by Crippen LogP contribution is 2.24. The molecule has 16 heavy (non-hydrogen) atoms. The third-order valence-electron chi connectivity index (χ3n) is 2.78. The van der Waals surface area contributed by atoms with Gasteiger partial charge in [0.2, 0.25) is 0 Å². The molecule has 1 aromatic rings. The van der Waals surface area contributed by atoms with Gasteiger partial charge in [-0.05, 0) is 0 Å². The van der Waals surface area contributed by atoms with Gasteiger partial charge in [-0.2, -0.15) is 0 Å². The lowest BCUT2D eigenvalue weighted by molar-refractivity contribution is 0.0193. The smallest absolute Gasteiger partial charge is 0.255 e. The van der Waals surface area contributed by atoms with E-state index in [-0.39, 0.29) is 17.7 Å². The molecule has 0 saturated carbocycles. The third kappa shape index (κ3) is 1.74. The van der Waals surface area contributed by atoms with Gasteiger partial charge in [0, 0.05) is 6.20 Å². The van der Waals surface area contributed by atoms with Crippen molar-refractivity contribution in [2.75, 3.05) is 6.61 Å². The zero-order chi connectivity index (χ0) is 11.7. The van der Waals surface area contributed by atoms with E-state index in [2.05, 4.69) is 15.3 Å². The van der Waals surface area contributed by atoms with Crippen molar-refractivity contribution >= 4 is 0 Å². The highest BCUT2D eigenvalue weighted by Gasteiger charge is 2.42. The summed E-state index contributed by atoms with van der Waals surface area (Å²) in [6.07, 6.45) is 0.330. The van der Waals surface area contributed by atoms with Crippen LogP contribution < -0.4 is 10.9 Å². The summed E-state index contributed by atoms with van der Waals surface area (Å²) in [7, 11) is 0. The Hall–Kier alpha value is -1.28. The van der Waals surface area contributed by atoms with Gasteiger partial charge in [0.1, 0.15) is 6.10 Å². The second-order valence-corrected chi connectivity index (χ2v) is 3.75. The van der Waals surface area contributed by atoms with Crippen molar-refractivity contribution in [1.29, 1.82) is 0 Å². The largest absolute Gasteiger partial charge is 0.395 e. The highest BCUT2D eigenvalue weighted by atomic mass is 16.3. The number of aromatic nitrogens is 2. The fourth-order valence-corrected chi connectivity index (χ4v) is 1.87. The van der Waals surface area contributed by atoms with E-state index in [1.807, 2.05) is 0 Å². The summed E-state index contributed by atoms with van der Waals surface area (Å²) >= 11 is 0. The lowest BCUT2D eigenvalue weighted by Crippen LogP contribution is -2.36. The number of aliphatic hydroxyl groups excluding tert-OH is 3. The number of aliphatic hydroxyl groups is 3. The molecule has 7 nitrogen and oxygen atoms in total. The summed E-state index contributed by atoms with van der Waals surface area (Å²) in [4.78, 5) is 17.6. The fraction of sp³-hybridized carbons (Fsp3) is 0.556. The van der Waals surface area contributed by atoms with Crippen LogP contribution in [-0.2, 0) is 0 Å². The van der Waals surface area contributed by atoms with Crippen molar-refractivity contribution in [2.24, 2.45) is 0 Å². The number of rotatable bonds is 2. The minimum Gasteiger partial charge on any atom is -0.395 e. The molecule has 0 aromatic carbocycles. The van der Waals surface area contributed by atoms with Gasteiger partial charge in [-0.3, -0.25) is 10.1 Å². The van der Waals surface area contributed by atoms with Crippen LogP contribution in [0.2, 0.25) is 0 Å². The second-order valence-electron chi connectivity index (χ2n) is 3.75. The first-order valence-electron chi connectivity index (χ1n) is 4.90. The van der Waals surface area contributed by atoms with E-state index in [1.165, 1.54) is 12.5 Å². The van der Waals surface area contributed by atoms with Gasteiger partial charge in [0.25, 0.3) is 5.56 Å². The Morgan fingerprint density at radius 2 is 2.12 bits per heavy atom. The van der Waals surface area contributed by atoms with Gasteiger partial charge >= 0.3 is 0 Å². The minimum absolute atomic E-state index is 0.241. The Kier molecular flexibility index (Phi) is 3.01. The van der Waals surface area contributed by atoms with Gasteiger partial charge < -0.3 is 20.3 Å². The van der Waals surface area contributed by atoms with Gasteiger partial charge in [0.05, 0.1) is 36.7 Å². The Bertz CT molecular complexity index is 421. The maximum absolute atomic E-state index is 11.5. The molecule has 1 aliphatic rings. The number of hydrogen-bond donors (Lipinski definition) is 5. The summed E-state index contributed by atoms with van der Waals surface area (Å²) in [5, 5.41) is 31.0. The summed E-state index contributed by atoms with van der Waals surface area (Å²) in [6, 6.07) is -1.36. The molecule has 7 heteroatoms. The fourth-order valence-electron chi connectivity index (χ4n) is 1.87. The van der Waals surface area contributed by atoms with Crippen LogP contribution in [0.3, 0.4) is 0 Å². The van der Waals surface area contributed by atoms with Crippen LogP contribution >= 0.6 is 0 Å². The van der Waals surface area contributed by atoms with Gasteiger partial charge in [-0.25, -0.2) is 4.98 Å². The molecule has 2 rings (SSSR count). The van der Waals surface area contributed by atoms with Gasteiger partial charge in [-0.15, -0.1) is 0 Å². The van der Waals surface area contributed by atoms with Crippen LogP contribution in [0.15, 0.2) is 17.3 Å². The van der Waals surface area contributed by atoms with E-state index in [0.717, 1.165) is 0 Å². The van der Waals surface area contributed by atoms with Gasteiger partial charge in [0.15, 0.2) is 0 Å². The molecular formula is C9H13N3O4. The molecule has 2 heterocycles. The number of nitrogens with one attached hydrogen (secondary N) is 2. The molecule has 0 radical (unpaired) electrons. The predicted octanol–water partition coefficient (Wildman–Crippen LogP) is -2.50. The topological polar surface area (TPSA) is 118 Å². The van der Waals surface area contributed by atoms with Crippen molar-refractivity contribution in [3.05, 3.63) is 28.4 Å². The Morgan fingerprint density at radius 1 is 1.38 bits per heavy atom. The molecule has 5 N–H and O–H groups in total. The maximum Gasteiger partial charge on any atom is 0.255 e. The normalized spacial score (nSPS) is 34.2. The van der Waals surface area contributed by atoms with Crippen LogP contribution in [0.25, 0.3) is 0 Å². The molecule has 0 amide bonds. The van der Waals surface area contributed by atoms with Crippen molar-refractivity contribution in [3.63, 3.8) is 0 Å². The maximum atomic E-state index is 11.5. The van der Waals surface area contributed by atoms with E-state index in [4.69, 9.17) is 5.11 Å². The van der Waals surface area contributed by atoms with E-state index < -0.39 is 24.3 Å². The summed E-state index contributed by atoms with van der Waals surface area (Å²) < 4.78 is 0. The quantitative estimate of drug-likeness (QED) is 0.381. The van der Waals surface area contributed by atoms with E-state index in [1.54, 1.807) is 0 Å². The molecule has 0 bridgehead atoms. The number of nitrogens with zero attached hydrogens (tertiary/aromatic N) is 1. The molecule has 4 atom stereocenters. The molecule has 1 fully saturated rings. The Labute approximate surface area is 90.8 Å². The molecule has 88 valence electrons. The molecule has 1 unspecified atom stereocenters. The Balaban J connectivity index is 2.30. The summed E-state index contributed by atoms with van der Waals surface area (Å²) in [5.41, 5.74) is -0.137.